The van der Waals surface area contributed by atoms with E-state index in [2.05, 4.69) is 31.2 Å². The van der Waals surface area contributed by atoms with Crippen LogP contribution in [0.25, 0.3) is 0 Å². The van der Waals surface area contributed by atoms with Gasteiger partial charge < -0.3 is 5.32 Å². The van der Waals surface area contributed by atoms with Crippen LogP contribution in [0.4, 0.5) is 10.2 Å². The third-order valence-electron chi connectivity index (χ3n) is 2.25. The number of amides is 1. The van der Waals surface area contributed by atoms with Crippen LogP contribution in [0.2, 0.25) is 0 Å². The van der Waals surface area contributed by atoms with Crippen LogP contribution in [0.1, 0.15) is 16.1 Å². The molecule has 0 unspecified atom stereocenters. The fraction of sp³-hybridized carbons (Fsp3) is 0.0833. The first-order chi connectivity index (χ1) is 8.56. The molecule has 92 valence electrons. The number of carbonyl (C=O) groups excluding carboxylic acids is 1. The van der Waals surface area contributed by atoms with Crippen LogP contribution in [0.3, 0.4) is 0 Å². The second-order valence-electron chi connectivity index (χ2n) is 3.63. The molecule has 0 spiro atoms. The van der Waals surface area contributed by atoms with Gasteiger partial charge in [0.25, 0.3) is 5.91 Å². The predicted octanol–water partition coefficient (Wildman–Crippen LogP) is 2.94. The molecule has 0 fully saturated rings. The molecule has 6 heteroatoms. The molecule has 0 aliphatic rings. The second kappa shape index (κ2) is 5.22. The lowest BCUT2D eigenvalue weighted by atomic mass is 10.3. The quantitative estimate of drug-likeness (QED) is 0.928. The molecule has 0 aliphatic carbocycles. The maximum Gasteiger partial charge on any atom is 0.275 e. The lowest BCUT2D eigenvalue weighted by molar-refractivity contribution is 0.102. The van der Waals surface area contributed by atoms with E-state index >= 15 is 0 Å². The minimum absolute atomic E-state index is 0.138. The van der Waals surface area contributed by atoms with Crippen molar-refractivity contribution in [3.8, 4) is 0 Å². The number of nitrogens with one attached hydrogen (secondary N) is 1. The molecular formula is C12H9BrFN3O. The Morgan fingerprint density at radius 2 is 2.11 bits per heavy atom. The number of aromatic nitrogens is 2. The van der Waals surface area contributed by atoms with E-state index in [0.29, 0.717) is 5.82 Å². The first-order valence-corrected chi connectivity index (χ1v) is 5.90. The Balaban J connectivity index is 2.16. The van der Waals surface area contributed by atoms with Crippen LogP contribution in [0.15, 0.2) is 35.1 Å². The summed E-state index contributed by atoms with van der Waals surface area (Å²) in [7, 11) is 0. The molecule has 0 atom stereocenters. The van der Waals surface area contributed by atoms with Gasteiger partial charge in [-0.2, -0.15) is 0 Å². The van der Waals surface area contributed by atoms with Gasteiger partial charge in [-0.1, -0.05) is 0 Å². The third kappa shape index (κ3) is 2.89. The summed E-state index contributed by atoms with van der Waals surface area (Å²) in [6.45, 7) is 1.89. The minimum Gasteiger partial charge on any atom is -0.305 e. The molecule has 0 saturated carbocycles. The smallest absolute Gasteiger partial charge is 0.275 e. The summed E-state index contributed by atoms with van der Waals surface area (Å²) in [6.07, 6.45) is 2.60. The number of pyridine rings is 2. The normalized spacial score (nSPS) is 10.2. The van der Waals surface area contributed by atoms with Crippen LogP contribution < -0.4 is 5.32 Å². The molecule has 4 nitrogen and oxygen atoms in total. The second-order valence-corrected chi connectivity index (χ2v) is 4.49. The van der Waals surface area contributed by atoms with Crippen molar-refractivity contribution >= 4 is 27.7 Å². The lowest BCUT2D eigenvalue weighted by Gasteiger charge is -2.05. The van der Waals surface area contributed by atoms with Crippen molar-refractivity contribution in [2.45, 2.75) is 6.92 Å². The SMILES string of the molecule is Cc1cc(NC(=O)c2ccc(F)cn2)ncc1Br. The summed E-state index contributed by atoms with van der Waals surface area (Å²) >= 11 is 3.32. The Bertz CT molecular complexity index is 586. The zero-order valence-corrected chi connectivity index (χ0v) is 11.0. The molecule has 2 heterocycles. The fourth-order valence-corrected chi connectivity index (χ4v) is 1.52. The molecule has 0 aliphatic heterocycles. The Kier molecular flexibility index (Phi) is 3.66. The number of carbonyl (C=O) groups is 1. The van der Waals surface area contributed by atoms with E-state index in [4.69, 9.17) is 0 Å². The molecule has 0 bridgehead atoms. The lowest BCUT2D eigenvalue weighted by Crippen LogP contribution is -2.14. The Labute approximate surface area is 111 Å². The van der Waals surface area contributed by atoms with Crippen LogP contribution >= 0.6 is 15.9 Å². The molecule has 2 aromatic rings. The van der Waals surface area contributed by atoms with Gasteiger partial charge in [-0.05, 0) is 46.6 Å². The molecule has 1 amide bonds. The maximum absolute atomic E-state index is 12.7. The minimum atomic E-state index is -0.482. The maximum atomic E-state index is 12.7. The number of hydrogen-bond donors (Lipinski definition) is 1. The zero-order valence-electron chi connectivity index (χ0n) is 9.45. The molecule has 2 rings (SSSR count). The van der Waals surface area contributed by atoms with E-state index in [-0.39, 0.29) is 5.69 Å². The first-order valence-electron chi connectivity index (χ1n) is 5.11. The highest BCUT2D eigenvalue weighted by Gasteiger charge is 2.09. The highest BCUT2D eigenvalue weighted by atomic mass is 79.9. The van der Waals surface area contributed by atoms with E-state index in [1.807, 2.05) is 6.92 Å². The molecule has 2 aromatic heterocycles. The Hall–Kier alpha value is -1.82. The van der Waals surface area contributed by atoms with Gasteiger partial charge in [-0.3, -0.25) is 4.79 Å². The monoisotopic (exact) mass is 309 g/mol. The van der Waals surface area contributed by atoms with Crippen molar-refractivity contribution in [2.75, 3.05) is 5.32 Å². The zero-order chi connectivity index (χ0) is 13.1. The van der Waals surface area contributed by atoms with Gasteiger partial charge in [0.15, 0.2) is 0 Å². The van der Waals surface area contributed by atoms with Crippen LogP contribution in [0.5, 0.6) is 0 Å². The summed E-state index contributed by atoms with van der Waals surface area (Å²) in [6, 6.07) is 4.23. The van der Waals surface area contributed by atoms with E-state index in [1.165, 1.54) is 12.1 Å². The van der Waals surface area contributed by atoms with Crippen molar-refractivity contribution in [1.29, 1.82) is 0 Å². The van der Waals surface area contributed by atoms with Gasteiger partial charge in [-0.25, -0.2) is 14.4 Å². The number of aryl methyl sites for hydroxylation is 1. The van der Waals surface area contributed by atoms with Gasteiger partial charge in [0.2, 0.25) is 0 Å². The summed E-state index contributed by atoms with van der Waals surface area (Å²) in [4.78, 5) is 19.5. The summed E-state index contributed by atoms with van der Waals surface area (Å²) in [5.74, 6) is -0.486. The topological polar surface area (TPSA) is 54.9 Å². The number of halogens is 2. The van der Waals surface area contributed by atoms with Gasteiger partial charge in [0.1, 0.15) is 17.3 Å². The van der Waals surface area contributed by atoms with Crippen molar-refractivity contribution in [3.63, 3.8) is 0 Å². The summed E-state index contributed by atoms with van der Waals surface area (Å²) in [5, 5.41) is 2.59. The van der Waals surface area contributed by atoms with Gasteiger partial charge in [0, 0.05) is 10.7 Å². The number of hydrogen-bond acceptors (Lipinski definition) is 3. The van der Waals surface area contributed by atoms with Gasteiger partial charge in [0.05, 0.1) is 6.20 Å². The van der Waals surface area contributed by atoms with E-state index in [9.17, 15) is 9.18 Å². The number of rotatable bonds is 2. The van der Waals surface area contributed by atoms with Crippen molar-refractivity contribution in [1.82, 2.24) is 9.97 Å². The third-order valence-corrected chi connectivity index (χ3v) is 3.08. The van der Waals surface area contributed by atoms with Gasteiger partial charge in [-0.15, -0.1) is 0 Å². The molecular weight excluding hydrogens is 301 g/mol. The Morgan fingerprint density at radius 1 is 1.33 bits per heavy atom. The Morgan fingerprint density at radius 3 is 2.72 bits per heavy atom. The average molecular weight is 310 g/mol. The van der Waals surface area contributed by atoms with Crippen LogP contribution in [0, 0.1) is 12.7 Å². The molecule has 0 radical (unpaired) electrons. The average Bonchev–Trinajstić information content (AvgIpc) is 2.34. The molecule has 0 saturated heterocycles. The molecule has 1 N–H and O–H groups in total. The standard InChI is InChI=1S/C12H9BrFN3O/c1-7-4-11(16-6-9(7)13)17-12(18)10-3-2-8(14)5-15-10/h2-6H,1H3,(H,16,17,18). The molecule has 0 aromatic carbocycles. The van der Waals surface area contributed by atoms with E-state index in [1.54, 1.807) is 12.3 Å². The highest BCUT2D eigenvalue weighted by Crippen LogP contribution is 2.17. The largest absolute Gasteiger partial charge is 0.305 e. The van der Waals surface area contributed by atoms with Crippen LogP contribution in [-0.4, -0.2) is 15.9 Å². The predicted molar refractivity (Wildman–Crippen MR) is 68.8 cm³/mol. The van der Waals surface area contributed by atoms with E-state index in [0.717, 1.165) is 16.2 Å². The van der Waals surface area contributed by atoms with Crippen molar-refractivity contribution < 1.29 is 9.18 Å². The van der Waals surface area contributed by atoms with Crippen molar-refractivity contribution in [2.24, 2.45) is 0 Å². The van der Waals surface area contributed by atoms with Gasteiger partial charge >= 0.3 is 0 Å². The molecule has 18 heavy (non-hydrogen) atoms. The van der Waals surface area contributed by atoms with Crippen molar-refractivity contribution in [3.05, 3.63) is 52.1 Å². The number of anilines is 1. The first kappa shape index (κ1) is 12.6. The summed E-state index contributed by atoms with van der Waals surface area (Å²) < 4.78 is 13.5. The highest BCUT2D eigenvalue weighted by molar-refractivity contribution is 9.10. The van der Waals surface area contributed by atoms with E-state index < -0.39 is 11.7 Å². The fourth-order valence-electron chi connectivity index (χ4n) is 1.30. The van der Waals surface area contributed by atoms with Crippen LogP contribution in [-0.2, 0) is 0 Å². The number of nitrogens with zero attached hydrogens (tertiary/aromatic N) is 2. The summed E-state index contributed by atoms with van der Waals surface area (Å²) in [5.41, 5.74) is 1.09.